The second-order valence-electron chi connectivity index (χ2n) is 5.48. The van der Waals surface area contributed by atoms with Gasteiger partial charge in [-0.25, -0.2) is 0 Å². The molecule has 0 radical (unpaired) electrons. The van der Waals surface area contributed by atoms with Gasteiger partial charge in [0.1, 0.15) is 11.5 Å². The van der Waals surface area contributed by atoms with Crippen LogP contribution in [0, 0.1) is 11.8 Å². The van der Waals surface area contributed by atoms with Crippen molar-refractivity contribution >= 4 is 18.4 Å². The Morgan fingerprint density at radius 1 is 1.30 bits per heavy atom. The number of esters is 1. The second-order valence-corrected chi connectivity index (χ2v) is 5.48. The van der Waals surface area contributed by atoms with Crippen LogP contribution in [0.5, 0.6) is 11.5 Å². The van der Waals surface area contributed by atoms with E-state index in [9.17, 15) is 9.90 Å². The number of fused-ring (bicyclic) bond motifs is 2. The summed E-state index contributed by atoms with van der Waals surface area (Å²) in [5, 5.41) is 12.8. The molecule has 1 aliphatic heterocycles. The summed E-state index contributed by atoms with van der Waals surface area (Å²) in [6, 6.07) is 6.68. The standard InChI is InChI=1S/C15H19NO3.ClH/c17-11-4-2-5-12(9-11)19-15(18)14-10-3-1-6-13(14)16-8-7-10;/h2,4-5,9-10,13-14,16-17H,1,3,6-8H2;1H/t10-,13-,14-;/m1./s1. The minimum Gasteiger partial charge on any atom is -0.508 e. The molecule has 3 atom stereocenters. The summed E-state index contributed by atoms with van der Waals surface area (Å²) in [5.74, 6) is 0.795. The van der Waals surface area contributed by atoms with Crippen molar-refractivity contribution in [3.8, 4) is 11.5 Å². The maximum atomic E-state index is 12.3. The molecule has 5 heteroatoms. The van der Waals surface area contributed by atoms with E-state index in [0.717, 1.165) is 25.8 Å². The summed E-state index contributed by atoms with van der Waals surface area (Å²) in [6.07, 6.45) is 4.42. The molecule has 1 saturated carbocycles. The van der Waals surface area contributed by atoms with Crippen molar-refractivity contribution in [3.05, 3.63) is 24.3 Å². The van der Waals surface area contributed by atoms with Gasteiger partial charge in [0.2, 0.25) is 0 Å². The third-order valence-corrected chi connectivity index (χ3v) is 4.26. The molecule has 1 heterocycles. The van der Waals surface area contributed by atoms with Gasteiger partial charge in [0.15, 0.2) is 0 Å². The summed E-state index contributed by atoms with van der Waals surface area (Å²) in [6.45, 7) is 1.01. The summed E-state index contributed by atoms with van der Waals surface area (Å²) in [5.41, 5.74) is 0. The molecule has 1 aromatic rings. The molecular weight excluding hydrogens is 278 g/mol. The molecule has 0 unspecified atom stereocenters. The number of halogens is 1. The first kappa shape index (κ1) is 15.1. The number of carbonyl (C=O) groups is 1. The molecule has 0 aromatic heterocycles. The van der Waals surface area contributed by atoms with Gasteiger partial charge in [-0.05, 0) is 43.9 Å². The topological polar surface area (TPSA) is 58.6 Å². The Hall–Kier alpha value is -1.26. The van der Waals surface area contributed by atoms with Gasteiger partial charge in [0.05, 0.1) is 5.92 Å². The number of carbonyl (C=O) groups excluding carboxylic acids is 1. The van der Waals surface area contributed by atoms with E-state index in [1.54, 1.807) is 18.2 Å². The normalized spacial score (nSPS) is 28.3. The van der Waals surface area contributed by atoms with Crippen molar-refractivity contribution in [2.24, 2.45) is 11.8 Å². The number of aromatic hydroxyl groups is 1. The van der Waals surface area contributed by atoms with Crippen LogP contribution in [0.4, 0.5) is 0 Å². The van der Waals surface area contributed by atoms with E-state index >= 15 is 0 Å². The van der Waals surface area contributed by atoms with Crippen LogP contribution in [-0.4, -0.2) is 23.7 Å². The molecule has 1 aliphatic carbocycles. The van der Waals surface area contributed by atoms with Crippen LogP contribution in [0.2, 0.25) is 0 Å². The predicted octanol–water partition coefficient (Wildman–Crippen LogP) is 2.50. The Balaban J connectivity index is 0.00000147. The van der Waals surface area contributed by atoms with Crippen LogP contribution in [0.3, 0.4) is 0 Å². The summed E-state index contributed by atoms with van der Waals surface area (Å²) in [7, 11) is 0. The Morgan fingerprint density at radius 2 is 2.15 bits per heavy atom. The van der Waals surface area contributed by atoms with E-state index in [0.29, 0.717) is 11.7 Å². The molecule has 0 amide bonds. The highest BCUT2D eigenvalue weighted by molar-refractivity contribution is 5.85. The predicted molar refractivity (Wildman–Crippen MR) is 78.2 cm³/mol. The molecule has 3 rings (SSSR count). The minimum atomic E-state index is -0.160. The van der Waals surface area contributed by atoms with Crippen LogP contribution < -0.4 is 10.1 Å². The zero-order valence-electron chi connectivity index (χ0n) is 11.2. The molecule has 4 nitrogen and oxygen atoms in total. The van der Waals surface area contributed by atoms with Crippen LogP contribution in [0.15, 0.2) is 24.3 Å². The number of hydrogen-bond acceptors (Lipinski definition) is 4. The van der Waals surface area contributed by atoms with Gasteiger partial charge in [-0.2, -0.15) is 0 Å². The highest BCUT2D eigenvalue weighted by atomic mass is 35.5. The Labute approximate surface area is 124 Å². The van der Waals surface area contributed by atoms with E-state index in [2.05, 4.69) is 5.32 Å². The lowest BCUT2D eigenvalue weighted by atomic mass is 9.72. The molecule has 2 bridgehead atoms. The summed E-state index contributed by atoms with van der Waals surface area (Å²) in [4.78, 5) is 12.3. The van der Waals surface area contributed by atoms with Crippen molar-refractivity contribution in [2.75, 3.05) is 6.54 Å². The summed E-state index contributed by atoms with van der Waals surface area (Å²) >= 11 is 0. The molecule has 110 valence electrons. The Bertz CT molecular complexity index is 458. The number of ether oxygens (including phenoxy) is 1. The average molecular weight is 298 g/mol. The SMILES string of the molecule is Cl.O=C(Oc1cccc(O)c1)[C@@H]1[C@@H]2CCC[C@H]1NCC2. The molecule has 2 N–H and O–H groups in total. The largest absolute Gasteiger partial charge is 0.508 e. The van der Waals surface area contributed by atoms with Gasteiger partial charge in [-0.3, -0.25) is 4.79 Å². The molecule has 0 spiro atoms. The minimum absolute atomic E-state index is 0. The smallest absolute Gasteiger partial charge is 0.316 e. The van der Waals surface area contributed by atoms with Gasteiger partial charge in [0, 0.05) is 12.1 Å². The Morgan fingerprint density at radius 3 is 2.90 bits per heavy atom. The van der Waals surface area contributed by atoms with E-state index in [1.165, 1.54) is 12.5 Å². The summed E-state index contributed by atoms with van der Waals surface area (Å²) < 4.78 is 5.43. The lowest BCUT2D eigenvalue weighted by Gasteiger charge is -2.41. The number of phenolic OH excluding ortho intramolecular Hbond substituents is 1. The Kier molecular flexibility index (Phi) is 4.89. The molecule has 2 fully saturated rings. The third kappa shape index (κ3) is 3.07. The van der Waals surface area contributed by atoms with Crippen LogP contribution >= 0.6 is 12.4 Å². The van der Waals surface area contributed by atoms with Crippen LogP contribution in [0.1, 0.15) is 25.7 Å². The van der Waals surface area contributed by atoms with Gasteiger partial charge in [-0.1, -0.05) is 12.5 Å². The van der Waals surface area contributed by atoms with Crippen molar-refractivity contribution in [1.29, 1.82) is 0 Å². The van der Waals surface area contributed by atoms with Gasteiger partial charge < -0.3 is 15.2 Å². The lowest BCUT2D eigenvalue weighted by molar-refractivity contribution is -0.144. The fraction of sp³-hybridized carbons (Fsp3) is 0.533. The van der Waals surface area contributed by atoms with Gasteiger partial charge in [-0.15, -0.1) is 12.4 Å². The monoisotopic (exact) mass is 297 g/mol. The highest BCUT2D eigenvalue weighted by Gasteiger charge is 2.41. The number of phenols is 1. The number of hydrogen-bond donors (Lipinski definition) is 2. The number of piperidine rings is 1. The van der Waals surface area contributed by atoms with Crippen molar-refractivity contribution in [2.45, 2.75) is 31.7 Å². The van der Waals surface area contributed by atoms with Crippen molar-refractivity contribution in [3.63, 3.8) is 0 Å². The van der Waals surface area contributed by atoms with Crippen LogP contribution in [0.25, 0.3) is 0 Å². The van der Waals surface area contributed by atoms with Gasteiger partial charge in [0.25, 0.3) is 0 Å². The zero-order chi connectivity index (χ0) is 13.2. The maximum Gasteiger partial charge on any atom is 0.316 e. The maximum absolute atomic E-state index is 12.3. The molecular formula is C15H20ClNO3. The molecule has 2 aliphatic rings. The van der Waals surface area contributed by atoms with E-state index in [-0.39, 0.29) is 36.1 Å². The van der Waals surface area contributed by atoms with E-state index in [4.69, 9.17) is 4.74 Å². The number of benzene rings is 1. The average Bonchev–Trinajstić information content (AvgIpc) is 2.37. The molecule has 1 aromatic carbocycles. The second kappa shape index (κ2) is 6.46. The lowest BCUT2D eigenvalue weighted by Crippen LogP contribution is -2.52. The van der Waals surface area contributed by atoms with E-state index < -0.39 is 0 Å². The first-order chi connectivity index (χ1) is 9.24. The fourth-order valence-corrected chi connectivity index (χ4v) is 3.38. The van der Waals surface area contributed by atoms with Gasteiger partial charge >= 0.3 is 5.97 Å². The zero-order valence-corrected chi connectivity index (χ0v) is 12.1. The fourth-order valence-electron chi connectivity index (χ4n) is 3.38. The van der Waals surface area contributed by atoms with Crippen LogP contribution in [-0.2, 0) is 4.79 Å². The molecule has 20 heavy (non-hydrogen) atoms. The highest BCUT2D eigenvalue weighted by Crippen LogP contribution is 2.36. The third-order valence-electron chi connectivity index (χ3n) is 4.26. The van der Waals surface area contributed by atoms with Crippen molar-refractivity contribution in [1.82, 2.24) is 5.32 Å². The van der Waals surface area contributed by atoms with E-state index in [1.807, 2.05) is 0 Å². The molecule has 1 saturated heterocycles. The first-order valence-corrected chi connectivity index (χ1v) is 6.98. The first-order valence-electron chi connectivity index (χ1n) is 6.98. The number of nitrogens with one attached hydrogen (secondary N) is 1. The quantitative estimate of drug-likeness (QED) is 0.650. The van der Waals surface area contributed by atoms with Crippen molar-refractivity contribution < 1.29 is 14.6 Å². The number of rotatable bonds is 2.